The molecule has 9 heteroatoms. The number of nitrogens with two attached hydrogens (primary N) is 1. The summed E-state index contributed by atoms with van der Waals surface area (Å²) >= 11 is 1.67. The summed E-state index contributed by atoms with van der Waals surface area (Å²) in [5.74, 6) is 1.50. The van der Waals surface area contributed by atoms with Crippen molar-refractivity contribution in [2.24, 2.45) is 11.7 Å². The lowest BCUT2D eigenvalue weighted by Gasteiger charge is -2.16. The number of hydrogen-bond donors (Lipinski definition) is 2. The van der Waals surface area contributed by atoms with Crippen molar-refractivity contribution in [3.63, 3.8) is 0 Å². The molecule has 0 aliphatic carbocycles. The molecule has 25 heavy (non-hydrogen) atoms. The number of hydrogen-bond acceptors (Lipinski definition) is 6. The highest BCUT2D eigenvalue weighted by Crippen LogP contribution is 2.29. The molecule has 0 aromatic heterocycles. The van der Waals surface area contributed by atoms with Crippen LogP contribution in [0.25, 0.3) is 0 Å². The minimum Gasteiger partial charge on any atom is -0.496 e. The minimum absolute atomic E-state index is 0. The van der Waals surface area contributed by atoms with E-state index in [-0.39, 0.29) is 36.4 Å². The van der Waals surface area contributed by atoms with E-state index in [0.29, 0.717) is 6.54 Å². The number of thioether (sulfide) groups is 1. The zero-order valence-corrected chi connectivity index (χ0v) is 17.2. The number of nitrogens with one attached hydrogen (secondary N) is 1. The Morgan fingerprint density at radius 1 is 1.36 bits per heavy atom. The first kappa shape index (κ1) is 24.0. The first-order valence-corrected chi connectivity index (χ1v) is 10.7. The van der Waals surface area contributed by atoms with Crippen LogP contribution in [0.3, 0.4) is 0 Å². The van der Waals surface area contributed by atoms with E-state index < -0.39 is 15.9 Å². The summed E-state index contributed by atoms with van der Waals surface area (Å²) in [6.07, 6.45) is 1.27. The van der Waals surface area contributed by atoms with E-state index in [4.69, 9.17) is 10.5 Å². The standard InChI is InChI=1S/C16H26N2O4S2.ClH/c1-12(11-23-15-7-5-4-6-14(15)22-2)10-18-16(19)13(17)8-9-24(3,20)21;/h4-7,12-13H,8-11,17H2,1-3H3,(H,18,19);1H. The molecule has 144 valence electrons. The molecule has 1 aromatic carbocycles. The van der Waals surface area contributed by atoms with Gasteiger partial charge in [-0.25, -0.2) is 8.42 Å². The predicted molar refractivity (Wildman–Crippen MR) is 105 cm³/mol. The van der Waals surface area contributed by atoms with Crippen molar-refractivity contribution in [3.8, 4) is 5.75 Å². The van der Waals surface area contributed by atoms with Crippen molar-refractivity contribution in [3.05, 3.63) is 24.3 Å². The molecule has 6 nitrogen and oxygen atoms in total. The molecular formula is C16H27ClN2O4S2. The van der Waals surface area contributed by atoms with Crippen LogP contribution >= 0.6 is 24.2 Å². The summed E-state index contributed by atoms with van der Waals surface area (Å²) in [7, 11) is -1.47. The number of para-hydroxylation sites is 1. The summed E-state index contributed by atoms with van der Waals surface area (Å²) in [6, 6.07) is 6.99. The van der Waals surface area contributed by atoms with Gasteiger partial charge in [-0.3, -0.25) is 4.79 Å². The summed E-state index contributed by atoms with van der Waals surface area (Å²) < 4.78 is 27.5. The topological polar surface area (TPSA) is 98.5 Å². The van der Waals surface area contributed by atoms with Gasteiger partial charge in [0.15, 0.2) is 0 Å². The van der Waals surface area contributed by atoms with Crippen LogP contribution in [-0.4, -0.2) is 51.8 Å². The van der Waals surface area contributed by atoms with Gasteiger partial charge in [0.25, 0.3) is 0 Å². The molecule has 0 aliphatic rings. The molecule has 0 radical (unpaired) electrons. The maximum absolute atomic E-state index is 11.9. The molecule has 2 unspecified atom stereocenters. The van der Waals surface area contributed by atoms with Gasteiger partial charge in [-0.15, -0.1) is 24.2 Å². The Hall–Kier alpha value is -0.960. The molecule has 0 bridgehead atoms. The lowest BCUT2D eigenvalue weighted by molar-refractivity contribution is -0.122. The molecule has 2 atom stereocenters. The Kier molecular flexibility index (Phi) is 11.2. The van der Waals surface area contributed by atoms with Crippen LogP contribution in [0.1, 0.15) is 13.3 Å². The van der Waals surface area contributed by atoms with Crippen molar-refractivity contribution >= 4 is 39.9 Å². The van der Waals surface area contributed by atoms with Gasteiger partial charge in [0, 0.05) is 23.4 Å². The molecule has 3 N–H and O–H groups in total. The van der Waals surface area contributed by atoms with Gasteiger partial charge >= 0.3 is 0 Å². The zero-order valence-electron chi connectivity index (χ0n) is 14.7. The largest absolute Gasteiger partial charge is 0.496 e. The third kappa shape index (κ3) is 9.94. The van der Waals surface area contributed by atoms with Gasteiger partial charge in [-0.05, 0) is 24.5 Å². The predicted octanol–water partition coefficient (Wildman–Crippen LogP) is 1.72. The fourth-order valence-electron chi connectivity index (χ4n) is 1.91. The van der Waals surface area contributed by atoms with Crippen LogP contribution in [0.5, 0.6) is 5.75 Å². The summed E-state index contributed by atoms with van der Waals surface area (Å²) in [4.78, 5) is 12.9. The van der Waals surface area contributed by atoms with Crippen LogP contribution in [0, 0.1) is 5.92 Å². The third-order valence-corrected chi connectivity index (χ3v) is 5.71. The second-order valence-corrected chi connectivity index (χ2v) is 9.16. The second kappa shape index (κ2) is 11.6. The first-order valence-electron chi connectivity index (χ1n) is 7.69. The number of carbonyl (C=O) groups is 1. The van der Waals surface area contributed by atoms with Crippen LogP contribution < -0.4 is 15.8 Å². The second-order valence-electron chi connectivity index (χ2n) is 5.84. The lowest BCUT2D eigenvalue weighted by atomic mass is 10.2. The Morgan fingerprint density at radius 2 is 2.00 bits per heavy atom. The number of amides is 1. The molecule has 1 rings (SSSR count). The highest BCUT2D eigenvalue weighted by molar-refractivity contribution is 7.99. The quantitative estimate of drug-likeness (QED) is 0.570. The monoisotopic (exact) mass is 410 g/mol. The number of benzene rings is 1. The van der Waals surface area contributed by atoms with E-state index in [1.165, 1.54) is 0 Å². The zero-order chi connectivity index (χ0) is 18.2. The normalized spacial score (nSPS) is 13.4. The number of sulfone groups is 1. The number of halogens is 1. The third-order valence-electron chi connectivity index (χ3n) is 3.35. The van der Waals surface area contributed by atoms with Crippen molar-refractivity contribution < 1.29 is 17.9 Å². The summed E-state index contributed by atoms with van der Waals surface area (Å²) in [5, 5.41) is 2.78. The Morgan fingerprint density at radius 3 is 2.60 bits per heavy atom. The first-order chi connectivity index (χ1) is 11.2. The average Bonchev–Trinajstić information content (AvgIpc) is 2.55. The van der Waals surface area contributed by atoms with Crippen LogP contribution in [-0.2, 0) is 14.6 Å². The van der Waals surface area contributed by atoms with E-state index in [1.54, 1.807) is 18.9 Å². The van der Waals surface area contributed by atoms with Crippen molar-refractivity contribution in [2.45, 2.75) is 24.3 Å². The maximum atomic E-state index is 11.9. The average molecular weight is 411 g/mol. The number of carbonyl (C=O) groups excluding carboxylic acids is 1. The molecule has 1 aromatic rings. The highest BCUT2D eigenvalue weighted by Gasteiger charge is 2.16. The number of methoxy groups -OCH3 is 1. The van der Waals surface area contributed by atoms with Gasteiger partial charge in [-0.2, -0.15) is 0 Å². The smallest absolute Gasteiger partial charge is 0.236 e. The molecule has 0 heterocycles. The molecular weight excluding hydrogens is 384 g/mol. The van der Waals surface area contributed by atoms with Gasteiger partial charge in [-0.1, -0.05) is 19.1 Å². The van der Waals surface area contributed by atoms with E-state index >= 15 is 0 Å². The van der Waals surface area contributed by atoms with Gasteiger partial charge < -0.3 is 15.8 Å². The summed E-state index contributed by atoms with van der Waals surface area (Å²) in [6.45, 7) is 2.53. The van der Waals surface area contributed by atoms with Gasteiger partial charge in [0.05, 0.1) is 18.9 Å². The van der Waals surface area contributed by atoms with Crippen molar-refractivity contribution in [1.82, 2.24) is 5.32 Å². The van der Waals surface area contributed by atoms with Crippen LogP contribution in [0.4, 0.5) is 0 Å². The van der Waals surface area contributed by atoms with Gasteiger partial charge in [0.2, 0.25) is 5.91 Å². The number of rotatable bonds is 10. The fourth-order valence-corrected chi connectivity index (χ4v) is 3.64. The maximum Gasteiger partial charge on any atom is 0.236 e. The van der Waals surface area contributed by atoms with E-state index in [0.717, 1.165) is 22.7 Å². The number of ether oxygens (including phenoxy) is 1. The molecule has 1 amide bonds. The lowest BCUT2D eigenvalue weighted by Crippen LogP contribution is -2.43. The van der Waals surface area contributed by atoms with Gasteiger partial charge in [0.1, 0.15) is 15.6 Å². The molecule has 0 fully saturated rings. The van der Waals surface area contributed by atoms with E-state index in [1.807, 2.05) is 31.2 Å². The van der Waals surface area contributed by atoms with Crippen LogP contribution in [0.15, 0.2) is 29.2 Å². The Balaban J connectivity index is 0.00000576. The molecule has 0 saturated heterocycles. The van der Waals surface area contributed by atoms with E-state index in [9.17, 15) is 13.2 Å². The van der Waals surface area contributed by atoms with Crippen molar-refractivity contribution in [1.29, 1.82) is 0 Å². The molecule has 0 aliphatic heterocycles. The Labute approximate surface area is 160 Å². The fraction of sp³-hybridized carbons (Fsp3) is 0.562. The van der Waals surface area contributed by atoms with E-state index in [2.05, 4.69) is 5.32 Å². The van der Waals surface area contributed by atoms with Crippen molar-refractivity contribution in [2.75, 3.05) is 31.4 Å². The molecule has 0 spiro atoms. The van der Waals surface area contributed by atoms with Crippen LogP contribution in [0.2, 0.25) is 0 Å². The Bertz CT molecular complexity index is 641. The highest BCUT2D eigenvalue weighted by atomic mass is 35.5. The summed E-state index contributed by atoms with van der Waals surface area (Å²) in [5.41, 5.74) is 5.72. The minimum atomic E-state index is -3.11. The molecule has 0 saturated carbocycles. The SMILES string of the molecule is COc1ccccc1SCC(C)CNC(=O)C(N)CCS(C)(=O)=O.Cl.